The second kappa shape index (κ2) is 3.18. The smallest absolute Gasteiger partial charge is 0.200 e. The van der Waals surface area contributed by atoms with Crippen LogP contribution in [0, 0.1) is 6.92 Å². The fourth-order valence-electron chi connectivity index (χ4n) is 1.47. The molecule has 1 aromatic heterocycles. The van der Waals surface area contributed by atoms with E-state index in [-0.39, 0.29) is 0 Å². The van der Waals surface area contributed by atoms with Crippen molar-refractivity contribution >= 4 is 5.95 Å². The van der Waals surface area contributed by atoms with E-state index in [0.717, 1.165) is 11.3 Å². The van der Waals surface area contributed by atoms with Crippen molar-refractivity contribution in [3.05, 3.63) is 36.0 Å². The predicted octanol–water partition coefficient (Wildman–Crippen LogP) is 1.98. The van der Waals surface area contributed by atoms with Gasteiger partial charge in [-0.25, -0.2) is 4.98 Å². The molecule has 1 aromatic carbocycles. The number of nitrogens with zero attached hydrogens (tertiary/aromatic N) is 2. The molecular weight excluding hydrogens is 174 g/mol. The number of hydrogen-bond donors (Lipinski definition) is 1. The molecule has 0 radical (unpaired) electrons. The van der Waals surface area contributed by atoms with Crippen LogP contribution in [0.25, 0.3) is 11.3 Å². The molecule has 0 fully saturated rings. The molecule has 3 nitrogen and oxygen atoms in total. The van der Waals surface area contributed by atoms with Crippen molar-refractivity contribution in [2.45, 2.75) is 6.92 Å². The lowest BCUT2D eigenvalue weighted by Gasteiger charge is -1.99. The topological polar surface area (TPSA) is 43.8 Å². The van der Waals surface area contributed by atoms with Crippen LogP contribution in [0.15, 0.2) is 30.5 Å². The Kier molecular flexibility index (Phi) is 2.00. The maximum atomic E-state index is 5.68. The minimum Gasteiger partial charge on any atom is -0.369 e. The lowest BCUT2D eigenvalue weighted by molar-refractivity contribution is 0.930. The van der Waals surface area contributed by atoms with Gasteiger partial charge in [-0.2, -0.15) is 0 Å². The van der Waals surface area contributed by atoms with Gasteiger partial charge in [0.25, 0.3) is 0 Å². The average molecular weight is 187 g/mol. The zero-order chi connectivity index (χ0) is 10.1. The Balaban J connectivity index is 2.55. The first-order valence-electron chi connectivity index (χ1n) is 4.53. The third kappa shape index (κ3) is 1.37. The van der Waals surface area contributed by atoms with Crippen LogP contribution in [0.5, 0.6) is 0 Å². The summed E-state index contributed by atoms with van der Waals surface area (Å²) in [4.78, 5) is 4.28. The SMILES string of the molecule is Cc1ccccc1-c1cn(C)c(N)n1. The number of hydrogen-bond acceptors (Lipinski definition) is 2. The Labute approximate surface area is 83.2 Å². The van der Waals surface area contributed by atoms with Crippen molar-refractivity contribution in [2.75, 3.05) is 5.73 Å². The van der Waals surface area contributed by atoms with E-state index in [0.29, 0.717) is 5.95 Å². The van der Waals surface area contributed by atoms with E-state index >= 15 is 0 Å². The summed E-state index contributed by atoms with van der Waals surface area (Å²) in [5, 5.41) is 0. The summed E-state index contributed by atoms with van der Waals surface area (Å²) in [5.74, 6) is 0.545. The van der Waals surface area contributed by atoms with Crippen LogP contribution in [0.4, 0.5) is 5.95 Å². The summed E-state index contributed by atoms with van der Waals surface area (Å²) >= 11 is 0. The van der Waals surface area contributed by atoms with E-state index in [1.54, 1.807) is 0 Å². The highest BCUT2D eigenvalue weighted by atomic mass is 15.1. The lowest BCUT2D eigenvalue weighted by Crippen LogP contribution is -1.94. The number of nitrogen functional groups attached to an aromatic ring is 1. The molecule has 2 aromatic rings. The summed E-state index contributed by atoms with van der Waals surface area (Å²) in [5.41, 5.74) is 8.97. The highest BCUT2D eigenvalue weighted by molar-refractivity contribution is 5.64. The Morgan fingerprint density at radius 2 is 2.00 bits per heavy atom. The zero-order valence-electron chi connectivity index (χ0n) is 8.36. The highest BCUT2D eigenvalue weighted by Gasteiger charge is 2.05. The van der Waals surface area contributed by atoms with Crippen LogP contribution in [0.2, 0.25) is 0 Å². The van der Waals surface area contributed by atoms with Gasteiger partial charge >= 0.3 is 0 Å². The van der Waals surface area contributed by atoms with Gasteiger partial charge < -0.3 is 10.3 Å². The zero-order valence-corrected chi connectivity index (χ0v) is 8.36. The maximum absolute atomic E-state index is 5.68. The summed E-state index contributed by atoms with van der Waals surface area (Å²) < 4.78 is 1.82. The Morgan fingerprint density at radius 1 is 1.29 bits per heavy atom. The van der Waals surface area contributed by atoms with E-state index in [9.17, 15) is 0 Å². The molecule has 3 heteroatoms. The van der Waals surface area contributed by atoms with Crippen molar-refractivity contribution in [1.29, 1.82) is 0 Å². The van der Waals surface area contributed by atoms with Gasteiger partial charge in [0.1, 0.15) is 0 Å². The largest absolute Gasteiger partial charge is 0.369 e. The molecule has 1 heterocycles. The molecule has 2 N–H and O–H groups in total. The molecule has 0 aliphatic heterocycles. The minimum absolute atomic E-state index is 0.545. The van der Waals surface area contributed by atoms with Gasteiger partial charge in [0.05, 0.1) is 5.69 Å². The van der Waals surface area contributed by atoms with Gasteiger partial charge in [-0.3, -0.25) is 0 Å². The first-order chi connectivity index (χ1) is 6.68. The molecule has 2 rings (SSSR count). The summed E-state index contributed by atoms with van der Waals surface area (Å²) in [7, 11) is 1.89. The quantitative estimate of drug-likeness (QED) is 0.741. The van der Waals surface area contributed by atoms with Gasteiger partial charge in [0.2, 0.25) is 0 Å². The number of anilines is 1. The highest BCUT2D eigenvalue weighted by Crippen LogP contribution is 2.22. The molecule has 0 saturated carbocycles. The van der Waals surface area contributed by atoms with Crippen LogP contribution in [0.3, 0.4) is 0 Å². The van der Waals surface area contributed by atoms with Crippen molar-refractivity contribution in [3.63, 3.8) is 0 Å². The number of aryl methyl sites for hydroxylation is 2. The fraction of sp³-hybridized carbons (Fsp3) is 0.182. The number of benzene rings is 1. The lowest BCUT2D eigenvalue weighted by atomic mass is 10.1. The molecule has 0 atom stereocenters. The van der Waals surface area contributed by atoms with Crippen LogP contribution in [-0.2, 0) is 7.05 Å². The van der Waals surface area contributed by atoms with E-state index < -0.39 is 0 Å². The number of nitrogens with two attached hydrogens (primary N) is 1. The fourth-order valence-corrected chi connectivity index (χ4v) is 1.47. The van der Waals surface area contributed by atoms with Gasteiger partial charge in [-0.05, 0) is 12.5 Å². The first-order valence-corrected chi connectivity index (χ1v) is 4.53. The monoisotopic (exact) mass is 187 g/mol. The van der Waals surface area contributed by atoms with Gasteiger partial charge in [0, 0.05) is 18.8 Å². The van der Waals surface area contributed by atoms with Gasteiger partial charge in [-0.15, -0.1) is 0 Å². The standard InChI is InChI=1S/C11H13N3/c1-8-5-3-4-6-9(8)10-7-14(2)11(12)13-10/h3-7H,1-2H3,(H2,12,13). The molecular formula is C11H13N3. The average Bonchev–Trinajstić information content (AvgIpc) is 2.48. The number of rotatable bonds is 1. The summed E-state index contributed by atoms with van der Waals surface area (Å²) in [6, 6.07) is 8.15. The summed E-state index contributed by atoms with van der Waals surface area (Å²) in [6.45, 7) is 2.07. The minimum atomic E-state index is 0.545. The van der Waals surface area contributed by atoms with E-state index in [2.05, 4.69) is 24.0 Å². The Hall–Kier alpha value is -1.77. The van der Waals surface area contributed by atoms with E-state index in [4.69, 9.17) is 5.73 Å². The number of aromatic nitrogens is 2. The molecule has 0 amide bonds. The normalized spacial score (nSPS) is 10.4. The van der Waals surface area contributed by atoms with Gasteiger partial charge in [0.15, 0.2) is 5.95 Å². The second-order valence-corrected chi connectivity index (χ2v) is 3.41. The van der Waals surface area contributed by atoms with Crippen LogP contribution < -0.4 is 5.73 Å². The second-order valence-electron chi connectivity index (χ2n) is 3.41. The van der Waals surface area contributed by atoms with Crippen LogP contribution >= 0.6 is 0 Å². The van der Waals surface area contributed by atoms with Crippen molar-refractivity contribution in [2.24, 2.45) is 7.05 Å². The molecule has 14 heavy (non-hydrogen) atoms. The summed E-state index contributed by atoms with van der Waals surface area (Å²) in [6.07, 6.45) is 1.94. The molecule has 0 bridgehead atoms. The molecule has 0 unspecified atom stereocenters. The Morgan fingerprint density at radius 3 is 2.57 bits per heavy atom. The molecule has 0 aliphatic carbocycles. The van der Waals surface area contributed by atoms with Crippen LogP contribution in [0.1, 0.15) is 5.56 Å². The predicted molar refractivity (Wildman–Crippen MR) is 57.8 cm³/mol. The van der Waals surface area contributed by atoms with Gasteiger partial charge in [-0.1, -0.05) is 24.3 Å². The Bertz CT molecular complexity index is 438. The molecule has 72 valence electrons. The van der Waals surface area contributed by atoms with Crippen molar-refractivity contribution < 1.29 is 0 Å². The van der Waals surface area contributed by atoms with E-state index in [1.165, 1.54) is 5.56 Å². The van der Waals surface area contributed by atoms with Crippen LogP contribution in [-0.4, -0.2) is 9.55 Å². The van der Waals surface area contributed by atoms with E-state index in [1.807, 2.05) is 29.9 Å². The number of imidazole rings is 1. The van der Waals surface area contributed by atoms with Crippen molar-refractivity contribution in [3.8, 4) is 11.3 Å². The third-order valence-electron chi connectivity index (χ3n) is 2.33. The third-order valence-corrected chi connectivity index (χ3v) is 2.33. The molecule has 0 saturated heterocycles. The molecule has 0 spiro atoms. The maximum Gasteiger partial charge on any atom is 0.200 e. The first kappa shape index (κ1) is 8.81. The van der Waals surface area contributed by atoms with Crippen molar-refractivity contribution in [1.82, 2.24) is 9.55 Å². The molecule has 0 aliphatic rings.